The minimum atomic E-state index is 0.00586. The van der Waals surface area contributed by atoms with Gasteiger partial charge in [0.2, 0.25) is 0 Å². The van der Waals surface area contributed by atoms with Crippen LogP contribution in [0.4, 0.5) is 0 Å². The van der Waals surface area contributed by atoms with Gasteiger partial charge < -0.3 is 9.47 Å². The Morgan fingerprint density at radius 1 is 0.480 bits per heavy atom. The summed E-state index contributed by atoms with van der Waals surface area (Å²) in [6.07, 6.45) is 14.1. The normalized spacial score (nSPS) is 12.2. The highest BCUT2D eigenvalue weighted by molar-refractivity contribution is 4.53. The number of unbranched alkanes of at least 4 members (excludes halogenated alkanes) is 6. The van der Waals surface area contributed by atoms with Gasteiger partial charge in [-0.1, -0.05) is 92.9 Å². The van der Waals surface area contributed by atoms with E-state index in [0.717, 1.165) is 31.5 Å². The molecule has 0 aromatic heterocycles. The van der Waals surface area contributed by atoms with Crippen LogP contribution in [0.15, 0.2) is 0 Å². The summed E-state index contributed by atoms with van der Waals surface area (Å²) in [6, 6.07) is 0. The first-order chi connectivity index (χ1) is 11.9. The van der Waals surface area contributed by atoms with Crippen LogP contribution in [0.25, 0.3) is 0 Å². The summed E-state index contributed by atoms with van der Waals surface area (Å²) in [5, 5.41) is 0. The Kier molecular flexibility index (Phi) is 17.3. The van der Waals surface area contributed by atoms with Crippen LogP contribution in [0, 0.1) is 17.8 Å². The van der Waals surface area contributed by atoms with E-state index in [1.807, 2.05) is 0 Å². The van der Waals surface area contributed by atoms with E-state index in [9.17, 15) is 0 Å². The van der Waals surface area contributed by atoms with Gasteiger partial charge in [-0.15, -0.1) is 0 Å². The van der Waals surface area contributed by atoms with Gasteiger partial charge in [-0.05, 0) is 30.6 Å². The Hall–Kier alpha value is -0.0800. The monoisotopic (exact) mass is 356 g/mol. The van der Waals surface area contributed by atoms with E-state index < -0.39 is 0 Å². The Morgan fingerprint density at radius 3 is 1.24 bits per heavy atom. The smallest absolute Gasteiger partial charge is 0.157 e. The summed E-state index contributed by atoms with van der Waals surface area (Å²) in [6.45, 7) is 15.4. The molecule has 0 aromatic carbocycles. The van der Waals surface area contributed by atoms with Gasteiger partial charge in [-0.2, -0.15) is 0 Å². The van der Waals surface area contributed by atoms with Crippen molar-refractivity contribution in [3.05, 3.63) is 0 Å². The third kappa shape index (κ3) is 20.1. The number of rotatable bonds is 18. The summed E-state index contributed by atoms with van der Waals surface area (Å²) in [4.78, 5) is 0. The van der Waals surface area contributed by atoms with Gasteiger partial charge in [0, 0.05) is 19.6 Å². The van der Waals surface area contributed by atoms with Crippen LogP contribution < -0.4 is 0 Å². The van der Waals surface area contributed by atoms with E-state index >= 15 is 0 Å². The molecule has 2 heteroatoms. The predicted molar refractivity (Wildman–Crippen MR) is 111 cm³/mol. The Bertz CT molecular complexity index is 239. The molecule has 25 heavy (non-hydrogen) atoms. The molecule has 0 aliphatic carbocycles. The third-order valence-corrected chi connectivity index (χ3v) is 4.62. The van der Waals surface area contributed by atoms with Crippen molar-refractivity contribution in [2.75, 3.05) is 13.2 Å². The fraction of sp³-hybridized carbons (Fsp3) is 1.00. The first kappa shape index (κ1) is 24.9. The van der Waals surface area contributed by atoms with E-state index in [0.29, 0.717) is 5.92 Å². The molecule has 0 bridgehead atoms. The molecule has 0 saturated heterocycles. The molecule has 2 nitrogen and oxygen atoms in total. The lowest BCUT2D eigenvalue weighted by atomic mass is 10.0. The standard InChI is InChI=1S/C23H48O2/c1-20(2)15-11-7-9-13-17-24-23(19-22(5)6)25-18-14-10-8-12-16-21(3)4/h20-23H,7-19H2,1-6H3. The molecule has 0 heterocycles. The highest BCUT2D eigenvalue weighted by Crippen LogP contribution is 2.14. The molecule has 0 fully saturated rings. The van der Waals surface area contributed by atoms with Gasteiger partial charge in [-0.3, -0.25) is 0 Å². The molecule has 0 spiro atoms. The van der Waals surface area contributed by atoms with Gasteiger partial charge in [0.25, 0.3) is 0 Å². The Morgan fingerprint density at radius 2 is 0.880 bits per heavy atom. The lowest BCUT2D eigenvalue weighted by Crippen LogP contribution is -2.21. The second-order valence-electron chi connectivity index (χ2n) is 8.99. The summed E-state index contributed by atoms with van der Waals surface area (Å²) in [5.41, 5.74) is 0. The lowest BCUT2D eigenvalue weighted by molar-refractivity contribution is -0.152. The maximum Gasteiger partial charge on any atom is 0.157 e. The maximum absolute atomic E-state index is 6.02. The summed E-state index contributed by atoms with van der Waals surface area (Å²) >= 11 is 0. The van der Waals surface area contributed by atoms with Crippen molar-refractivity contribution in [1.82, 2.24) is 0 Å². The average Bonchev–Trinajstić information content (AvgIpc) is 2.51. The molecule has 0 saturated carbocycles. The van der Waals surface area contributed by atoms with Gasteiger partial charge in [0.05, 0.1) is 0 Å². The van der Waals surface area contributed by atoms with Crippen LogP contribution in [0.3, 0.4) is 0 Å². The van der Waals surface area contributed by atoms with Crippen LogP contribution in [0.1, 0.15) is 112 Å². The van der Waals surface area contributed by atoms with Crippen molar-refractivity contribution >= 4 is 0 Å². The fourth-order valence-electron chi connectivity index (χ4n) is 3.02. The number of ether oxygens (including phenoxy) is 2. The van der Waals surface area contributed by atoms with Crippen LogP contribution in [-0.4, -0.2) is 19.5 Å². The van der Waals surface area contributed by atoms with Gasteiger partial charge >= 0.3 is 0 Å². The molecular weight excluding hydrogens is 308 g/mol. The summed E-state index contributed by atoms with van der Waals surface area (Å²) in [5.74, 6) is 2.30. The molecule has 0 radical (unpaired) electrons. The van der Waals surface area contributed by atoms with E-state index in [4.69, 9.17) is 9.47 Å². The van der Waals surface area contributed by atoms with Gasteiger partial charge in [-0.25, -0.2) is 0 Å². The minimum absolute atomic E-state index is 0.00586. The first-order valence-corrected chi connectivity index (χ1v) is 11.1. The summed E-state index contributed by atoms with van der Waals surface area (Å²) < 4.78 is 12.0. The topological polar surface area (TPSA) is 18.5 Å². The predicted octanol–water partition coefficient (Wildman–Crippen LogP) is 7.60. The van der Waals surface area contributed by atoms with Crippen molar-refractivity contribution in [2.45, 2.75) is 118 Å². The second-order valence-corrected chi connectivity index (χ2v) is 8.99. The largest absolute Gasteiger partial charge is 0.353 e. The maximum atomic E-state index is 6.02. The molecule has 0 N–H and O–H groups in total. The van der Waals surface area contributed by atoms with Crippen LogP contribution in [0.2, 0.25) is 0 Å². The zero-order valence-corrected chi connectivity index (χ0v) is 18.3. The van der Waals surface area contributed by atoms with Crippen LogP contribution in [0.5, 0.6) is 0 Å². The molecule has 0 rings (SSSR count). The van der Waals surface area contributed by atoms with Crippen molar-refractivity contribution in [1.29, 1.82) is 0 Å². The lowest BCUT2D eigenvalue weighted by Gasteiger charge is -2.20. The molecule has 0 unspecified atom stereocenters. The zero-order chi connectivity index (χ0) is 18.9. The van der Waals surface area contributed by atoms with Crippen molar-refractivity contribution in [3.8, 4) is 0 Å². The van der Waals surface area contributed by atoms with E-state index in [-0.39, 0.29) is 6.29 Å². The van der Waals surface area contributed by atoms with E-state index in [1.54, 1.807) is 0 Å². The average molecular weight is 357 g/mol. The molecule has 0 atom stereocenters. The van der Waals surface area contributed by atoms with E-state index in [2.05, 4.69) is 41.5 Å². The van der Waals surface area contributed by atoms with Crippen molar-refractivity contribution in [2.24, 2.45) is 17.8 Å². The molecule has 0 aliphatic rings. The zero-order valence-electron chi connectivity index (χ0n) is 18.3. The first-order valence-electron chi connectivity index (χ1n) is 11.1. The Balaban J connectivity index is 3.65. The van der Waals surface area contributed by atoms with Crippen molar-refractivity contribution < 1.29 is 9.47 Å². The quantitative estimate of drug-likeness (QED) is 0.186. The van der Waals surface area contributed by atoms with Gasteiger partial charge in [0.15, 0.2) is 6.29 Å². The van der Waals surface area contributed by atoms with Crippen LogP contribution in [-0.2, 0) is 9.47 Å². The highest BCUT2D eigenvalue weighted by Gasteiger charge is 2.11. The molecular formula is C23H48O2. The Labute approximate surface area is 159 Å². The molecule has 0 aliphatic heterocycles. The molecule has 152 valence electrons. The molecule has 0 amide bonds. The van der Waals surface area contributed by atoms with Gasteiger partial charge in [0.1, 0.15) is 0 Å². The van der Waals surface area contributed by atoms with Crippen molar-refractivity contribution in [3.63, 3.8) is 0 Å². The third-order valence-electron chi connectivity index (χ3n) is 4.62. The van der Waals surface area contributed by atoms with E-state index in [1.165, 1.54) is 64.2 Å². The SMILES string of the molecule is CC(C)CCCCCCOC(CC(C)C)OCCCCCCC(C)C. The number of hydrogen-bond acceptors (Lipinski definition) is 2. The fourth-order valence-corrected chi connectivity index (χ4v) is 3.02. The minimum Gasteiger partial charge on any atom is -0.353 e. The highest BCUT2D eigenvalue weighted by atomic mass is 16.7. The van der Waals surface area contributed by atoms with Crippen LogP contribution >= 0.6 is 0 Å². The molecule has 0 aromatic rings. The second kappa shape index (κ2) is 17.3. The summed E-state index contributed by atoms with van der Waals surface area (Å²) in [7, 11) is 0. The number of hydrogen-bond donors (Lipinski definition) is 0.